The fourth-order valence-corrected chi connectivity index (χ4v) is 0.708. The molecule has 12 heavy (non-hydrogen) atoms. The predicted octanol–water partition coefficient (Wildman–Crippen LogP) is -1.57. The fourth-order valence-electron chi connectivity index (χ4n) is 0.570. The lowest BCUT2D eigenvalue weighted by Crippen LogP contribution is -2.35. The van der Waals surface area contributed by atoms with Crippen LogP contribution in [0.2, 0.25) is 0 Å². The molecule has 0 aromatic carbocycles. The molecule has 1 aromatic heterocycles. The van der Waals surface area contributed by atoms with E-state index >= 15 is 0 Å². The fraction of sp³-hybridized carbons (Fsp3) is 0. The molecular formula is C4H5N5O2S. The van der Waals surface area contributed by atoms with E-state index in [1.165, 1.54) is 0 Å². The maximum atomic E-state index is 10.9. The van der Waals surface area contributed by atoms with Gasteiger partial charge in [-0.05, 0) is 12.2 Å². The van der Waals surface area contributed by atoms with Crippen LogP contribution in [-0.2, 0) is 0 Å². The molecule has 0 radical (unpaired) electrons. The van der Waals surface area contributed by atoms with Crippen molar-refractivity contribution in [2.75, 3.05) is 0 Å². The maximum absolute atomic E-state index is 10.9. The van der Waals surface area contributed by atoms with Crippen LogP contribution in [0.25, 0.3) is 0 Å². The third-order valence-electron chi connectivity index (χ3n) is 1.06. The van der Waals surface area contributed by atoms with Crippen molar-refractivity contribution in [3.63, 3.8) is 0 Å². The molecule has 0 unspecified atom stereocenters. The standard InChI is InChI=1S/C4H5N5O2S/c5-7-3(11)1-2(10)6-4(12)9-8-1/h5H2,(H,7,11)(H2,6,9,10,12). The molecule has 64 valence electrons. The van der Waals surface area contributed by atoms with Crippen molar-refractivity contribution in [3.8, 4) is 0 Å². The number of nitrogen functional groups attached to an aromatic ring is 1. The van der Waals surface area contributed by atoms with Crippen molar-refractivity contribution in [1.82, 2.24) is 20.6 Å². The van der Waals surface area contributed by atoms with Crippen molar-refractivity contribution < 1.29 is 4.79 Å². The molecule has 0 aliphatic carbocycles. The Bertz CT molecular complexity index is 406. The van der Waals surface area contributed by atoms with Gasteiger partial charge < -0.3 is 0 Å². The Labute approximate surface area is 71.0 Å². The third-order valence-corrected chi connectivity index (χ3v) is 1.25. The highest BCUT2D eigenvalue weighted by atomic mass is 32.1. The van der Waals surface area contributed by atoms with E-state index in [2.05, 4.69) is 27.4 Å². The second kappa shape index (κ2) is 3.24. The van der Waals surface area contributed by atoms with Gasteiger partial charge in [-0.15, -0.1) is 0 Å². The molecule has 1 amide bonds. The smallest absolute Gasteiger partial charge is 0.291 e. The number of nitrogens with zero attached hydrogens (tertiary/aromatic N) is 1. The summed E-state index contributed by atoms with van der Waals surface area (Å²) in [6.07, 6.45) is 0. The summed E-state index contributed by atoms with van der Waals surface area (Å²) < 4.78 is 0.0496. The zero-order valence-corrected chi connectivity index (χ0v) is 6.57. The highest BCUT2D eigenvalue weighted by molar-refractivity contribution is 7.71. The quantitative estimate of drug-likeness (QED) is 0.183. The molecule has 1 rings (SSSR count). The summed E-state index contributed by atoms with van der Waals surface area (Å²) in [6.45, 7) is 0. The first-order chi connectivity index (χ1) is 5.65. The molecule has 0 saturated carbocycles. The minimum atomic E-state index is -0.775. The number of nitrogens with two attached hydrogens (primary N) is 1. The molecule has 0 aliphatic heterocycles. The van der Waals surface area contributed by atoms with Crippen LogP contribution in [0.5, 0.6) is 0 Å². The SMILES string of the molecule is NNC(=O)c1n[nH]c(=S)[nH]c1=O. The summed E-state index contributed by atoms with van der Waals surface area (Å²) >= 11 is 4.55. The number of carbonyl (C=O) groups excluding carboxylic acids is 1. The lowest BCUT2D eigenvalue weighted by Gasteiger charge is -1.94. The summed E-state index contributed by atoms with van der Waals surface area (Å²) in [5, 5.41) is 5.63. The van der Waals surface area contributed by atoms with Gasteiger partial charge in [-0.3, -0.25) is 25.1 Å². The molecule has 1 aromatic rings. The van der Waals surface area contributed by atoms with Crippen LogP contribution in [0.4, 0.5) is 0 Å². The van der Waals surface area contributed by atoms with Crippen molar-refractivity contribution in [3.05, 3.63) is 20.8 Å². The van der Waals surface area contributed by atoms with Crippen molar-refractivity contribution >= 4 is 18.1 Å². The Morgan fingerprint density at radius 2 is 2.33 bits per heavy atom. The second-order valence-electron chi connectivity index (χ2n) is 1.83. The zero-order chi connectivity index (χ0) is 9.14. The molecule has 0 fully saturated rings. The number of rotatable bonds is 1. The van der Waals surface area contributed by atoms with Crippen molar-refractivity contribution in [2.24, 2.45) is 5.84 Å². The monoisotopic (exact) mass is 187 g/mol. The van der Waals surface area contributed by atoms with E-state index < -0.39 is 11.5 Å². The van der Waals surface area contributed by atoms with E-state index in [9.17, 15) is 9.59 Å². The molecule has 1 heterocycles. The molecule has 8 heteroatoms. The Morgan fingerprint density at radius 3 is 2.83 bits per heavy atom. The summed E-state index contributed by atoms with van der Waals surface area (Å²) in [5.41, 5.74) is 0.732. The molecule has 7 nitrogen and oxygen atoms in total. The van der Waals surface area contributed by atoms with Gasteiger partial charge in [0.1, 0.15) is 0 Å². The molecule has 0 aliphatic rings. The number of carbonyl (C=O) groups is 1. The number of amides is 1. The van der Waals surface area contributed by atoms with Crippen LogP contribution in [-0.4, -0.2) is 21.1 Å². The van der Waals surface area contributed by atoms with Crippen LogP contribution in [0.1, 0.15) is 10.5 Å². The minimum Gasteiger partial charge on any atom is -0.296 e. The van der Waals surface area contributed by atoms with Crippen LogP contribution in [0.15, 0.2) is 4.79 Å². The number of hydrogen-bond donors (Lipinski definition) is 4. The van der Waals surface area contributed by atoms with Crippen LogP contribution < -0.4 is 16.8 Å². The number of hydrogen-bond acceptors (Lipinski definition) is 5. The Morgan fingerprint density at radius 1 is 1.67 bits per heavy atom. The molecule has 0 saturated heterocycles. The molecule has 0 bridgehead atoms. The number of nitrogens with one attached hydrogen (secondary N) is 3. The largest absolute Gasteiger partial charge is 0.296 e. The summed E-state index contributed by atoms with van der Waals surface area (Å²) in [6, 6.07) is 0. The predicted molar refractivity (Wildman–Crippen MR) is 41.7 cm³/mol. The van der Waals surface area contributed by atoms with Crippen molar-refractivity contribution in [1.29, 1.82) is 0 Å². The van der Waals surface area contributed by atoms with Crippen LogP contribution >= 0.6 is 12.2 Å². The number of hydrazine groups is 1. The first-order valence-corrected chi connectivity index (χ1v) is 3.26. The topological polar surface area (TPSA) is 117 Å². The van der Waals surface area contributed by atoms with E-state index in [0.717, 1.165) is 0 Å². The van der Waals surface area contributed by atoms with Gasteiger partial charge in [-0.2, -0.15) is 5.10 Å². The summed E-state index contributed by atoms with van der Waals surface area (Å²) in [5.74, 6) is 4.00. The summed E-state index contributed by atoms with van der Waals surface area (Å²) in [4.78, 5) is 23.9. The van der Waals surface area contributed by atoms with Gasteiger partial charge in [0.05, 0.1) is 0 Å². The number of H-pyrrole nitrogens is 2. The van der Waals surface area contributed by atoms with E-state index in [4.69, 9.17) is 5.84 Å². The Balaban J connectivity index is 3.28. The third kappa shape index (κ3) is 1.54. The van der Waals surface area contributed by atoms with E-state index in [1.54, 1.807) is 5.43 Å². The Kier molecular flexibility index (Phi) is 2.31. The molecule has 0 atom stereocenters. The maximum Gasteiger partial charge on any atom is 0.291 e. The lowest BCUT2D eigenvalue weighted by molar-refractivity contribution is 0.0945. The van der Waals surface area contributed by atoms with Crippen molar-refractivity contribution in [2.45, 2.75) is 0 Å². The zero-order valence-electron chi connectivity index (χ0n) is 5.75. The second-order valence-corrected chi connectivity index (χ2v) is 2.24. The van der Waals surface area contributed by atoms with Gasteiger partial charge in [0.25, 0.3) is 11.5 Å². The normalized spacial score (nSPS) is 9.42. The van der Waals surface area contributed by atoms with Gasteiger partial charge in [0, 0.05) is 0 Å². The lowest BCUT2D eigenvalue weighted by atomic mass is 10.4. The van der Waals surface area contributed by atoms with Gasteiger partial charge in [-0.25, -0.2) is 5.84 Å². The van der Waals surface area contributed by atoms with E-state index in [0.29, 0.717) is 0 Å². The van der Waals surface area contributed by atoms with Crippen LogP contribution in [0, 0.1) is 4.77 Å². The minimum absolute atomic E-state index is 0.0496. The first-order valence-electron chi connectivity index (χ1n) is 2.85. The molecule has 5 N–H and O–H groups in total. The number of aromatic amines is 2. The average molecular weight is 187 g/mol. The van der Waals surface area contributed by atoms with Gasteiger partial charge >= 0.3 is 0 Å². The Hall–Kier alpha value is -1.54. The van der Waals surface area contributed by atoms with Gasteiger partial charge in [-0.1, -0.05) is 0 Å². The summed E-state index contributed by atoms with van der Waals surface area (Å²) in [7, 11) is 0. The highest BCUT2D eigenvalue weighted by Gasteiger charge is 2.09. The van der Waals surface area contributed by atoms with Gasteiger partial charge in [0.15, 0.2) is 4.77 Å². The van der Waals surface area contributed by atoms with Crippen LogP contribution in [0.3, 0.4) is 0 Å². The molecule has 0 spiro atoms. The number of aromatic nitrogens is 3. The van der Waals surface area contributed by atoms with Gasteiger partial charge in [0.2, 0.25) is 5.69 Å². The van der Waals surface area contributed by atoms with E-state index in [-0.39, 0.29) is 10.5 Å². The molecular weight excluding hydrogens is 182 g/mol. The first kappa shape index (κ1) is 8.56. The van der Waals surface area contributed by atoms with E-state index in [1.807, 2.05) is 0 Å². The highest BCUT2D eigenvalue weighted by Crippen LogP contribution is 1.78. The average Bonchev–Trinajstić information content (AvgIpc) is 2.03.